The Hall–Kier alpha value is -4.20. The van der Waals surface area contributed by atoms with E-state index in [2.05, 4.69) is 16.5 Å². The van der Waals surface area contributed by atoms with Crippen molar-refractivity contribution in [3.05, 3.63) is 73.6 Å². The Labute approximate surface area is 196 Å². The maximum Gasteiger partial charge on any atom is 0.245 e. The number of fused-ring (bicyclic) bond motifs is 2. The van der Waals surface area contributed by atoms with Crippen LogP contribution in [0.2, 0.25) is 0 Å². The zero-order valence-electron chi connectivity index (χ0n) is 18.5. The molecule has 8 nitrogen and oxygen atoms in total. The van der Waals surface area contributed by atoms with E-state index >= 15 is 0 Å². The Morgan fingerprint density at radius 3 is 2.59 bits per heavy atom. The number of rotatable bonds is 5. The maximum absolute atomic E-state index is 12.1. The predicted molar refractivity (Wildman–Crippen MR) is 129 cm³/mol. The Morgan fingerprint density at radius 2 is 1.82 bits per heavy atom. The first-order valence-corrected chi connectivity index (χ1v) is 11.4. The van der Waals surface area contributed by atoms with Crippen molar-refractivity contribution in [2.24, 2.45) is 11.8 Å². The molecule has 34 heavy (non-hydrogen) atoms. The Bertz CT molecular complexity index is 1380. The third-order valence-electron chi connectivity index (χ3n) is 6.96. The molecular formula is C26H24N6O2. The number of anilines is 1. The monoisotopic (exact) mass is 452 g/mol. The van der Waals surface area contributed by atoms with Crippen LogP contribution in [0.3, 0.4) is 0 Å². The minimum absolute atomic E-state index is 0.0106. The van der Waals surface area contributed by atoms with Crippen LogP contribution < -0.4 is 10.5 Å². The minimum atomic E-state index is -0.0106. The third-order valence-corrected chi connectivity index (χ3v) is 6.96. The number of carbonyl (C=O) groups excluding carboxylic acids is 1. The molecule has 1 aliphatic heterocycles. The smallest absolute Gasteiger partial charge is 0.245 e. The maximum atomic E-state index is 12.1. The Morgan fingerprint density at radius 1 is 1.06 bits per heavy atom. The second-order valence-corrected chi connectivity index (χ2v) is 8.86. The van der Waals surface area contributed by atoms with Gasteiger partial charge in [-0.25, -0.2) is 14.6 Å². The molecule has 2 aliphatic rings. The van der Waals surface area contributed by atoms with E-state index in [1.54, 1.807) is 0 Å². The van der Waals surface area contributed by atoms with Gasteiger partial charge in [-0.1, -0.05) is 24.8 Å². The van der Waals surface area contributed by atoms with Gasteiger partial charge in [0, 0.05) is 24.6 Å². The van der Waals surface area contributed by atoms with Crippen LogP contribution in [0, 0.1) is 11.8 Å². The van der Waals surface area contributed by atoms with Crippen LogP contribution in [0.15, 0.2) is 73.6 Å². The first kappa shape index (κ1) is 20.4. The summed E-state index contributed by atoms with van der Waals surface area (Å²) in [5.41, 5.74) is 8.68. The van der Waals surface area contributed by atoms with Gasteiger partial charge in [0.2, 0.25) is 5.91 Å². The quantitative estimate of drug-likeness (QED) is 0.458. The van der Waals surface area contributed by atoms with E-state index in [1.165, 1.54) is 12.4 Å². The second-order valence-electron chi connectivity index (χ2n) is 8.86. The van der Waals surface area contributed by atoms with Crippen molar-refractivity contribution >= 4 is 22.8 Å². The predicted octanol–water partition coefficient (Wildman–Crippen LogP) is 4.07. The number of benzene rings is 2. The van der Waals surface area contributed by atoms with Crippen LogP contribution in [0.4, 0.5) is 5.82 Å². The minimum Gasteiger partial charge on any atom is -0.457 e. The first-order valence-electron chi connectivity index (χ1n) is 11.4. The standard InChI is InChI=1S/C26H24N6O2/c1-2-22(33)31-13-17-12-21(20(17)14-31)32-26-23(25(27)28-15-29-26)24(30-32)16-8-10-19(11-9-16)34-18-6-4-3-5-7-18/h2-11,15,17,20-21H,1,12-14H2,(H2,27,28,29). The van der Waals surface area contributed by atoms with Crippen LogP contribution in [-0.2, 0) is 4.79 Å². The molecular weight excluding hydrogens is 428 g/mol. The summed E-state index contributed by atoms with van der Waals surface area (Å²) in [4.78, 5) is 22.7. The van der Waals surface area contributed by atoms with Gasteiger partial charge < -0.3 is 15.4 Å². The third kappa shape index (κ3) is 3.30. The first-order chi connectivity index (χ1) is 16.6. The molecule has 0 radical (unpaired) electrons. The largest absolute Gasteiger partial charge is 0.457 e. The van der Waals surface area contributed by atoms with Gasteiger partial charge in [0.05, 0.1) is 11.4 Å². The van der Waals surface area contributed by atoms with E-state index in [1.807, 2.05) is 64.2 Å². The van der Waals surface area contributed by atoms with Crippen molar-refractivity contribution in [3.8, 4) is 22.8 Å². The molecule has 8 heteroatoms. The highest BCUT2D eigenvalue weighted by Gasteiger charge is 2.49. The highest BCUT2D eigenvalue weighted by Crippen LogP contribution is 2.50. The summed E-state index contributed by atoms with van der Waals surface area (Å²) in [5.74, 6) is 2.73. The fraction of sp³-hybridized carbons (Fsp3) is 0.231. The molecule has 170 valence electrons. The van der Waals surface area contributed by atoms with Gasteiger partial charge in [-0.15, -0.1) is 0 Å². The summed E-state index contributed by atoms with van der Waals surface area (Å²) < 4.78 is 7.91. The number of nitrogens with two attached hydrogens (primary N) is 1. The van der Waals surface area contributed by atoms with Gasteiger partial charge in [-0.3, -0.25) is 4.79 Å². The number of hydrogen-bond acceptors (Lipinski definition) is 6. The number of para-hydroxylation sites is 1. The molecule has 2 aromatic carbocycles. The number of amides is 1. The van der Waals surface area contributed by atoms with Crippen molar-refractivity contribution in [1.82, 2.24) is 24.6 Å². The van der Waals surface area contributed by atoms with E-state index in [0.717, 1.165) is 46.8 Å². The lowest BCUT2D eigenvalue weighted by atomic mass is 9.71. The molecule has 2 fully saturated rings. The van der Waals surface area contributed by atoms with Gasteiger partial charge >= 0.3 is 0 Å². The van der Waals surface area contributed by atoms with Gasteiger partial charge in [0.15, 0.2) is 5.65 Å². The zero-order valence-corrected chi connectivity index (χ0v) is 18.5. The molecule has 3 heterocycles. The fourth-order valence-corrected chi connectivity index (χ4v) is 5.20. The molecule has 2 aromatic heterocycles. The molecule has 0 bridgehead atoms. The van der Waals surface area contributed by atoms with Crippen LogP contribution >= 0.6 is 0 Å². The average molecular weight is 453 g/mol. The van der Waals surface area contributed by atoms with Crippen molar-refractivity contribution in [3.63, 3.8) is 0 Å². The summed E-state index contributed by atoms with van der Waals surface area (Å²) in [6.07, 6.45) is 3.82. The molecule has 1 amide bonds. The summed E-state index contributed by atoms with van der Waals surface area (Å²) in [6.45, 7) is 5.11. The number of nitrogen functional groups attached to an aromatic ring is 1. The topological polar surface area (TPSA) is 99.2 Å². The van der Waals surface area contributed by atoms with Gasteiger partial charge in [0.1, 0.15) is 29.3 Å². The van der Waals surface area contributed by atoms with Crippen molar-refractivity contribution < 1.29 is 9.53 Å². The lowest BCUT2D eigenvalue weighted by Gasteiger charge is -2.39. The lowest BCUT2D eigenvalue weighted by Crippen LogP contribution is -2.38. The number of nitrogens with zero attached hydrogens (tertiary/aromatic N) is 5. The fourth-order valence-electron chi connectivity index (χ4n) is 5.20. The highest BCUT2D eigenvalue weighted by molar-refractivity contribution is 5.98. The lowest BCUT2D eigenvalue weighted by molar-refractivity contribution is -0.125. The van der Waals surface area contributed by atoms with Gasteiger partial charge in [-0.05, 0) is 54.8 Å². The highest BCUT2D eigenvalue weighted by atomic mass is 16.5. The molecule has 1 aliphatic carbocycles. The number of likely N-dealkylation sites (tertiary alicyclic amines) is 1. The molecule has 2 N–H and O–H groups in total. The van der Waals surface area contributed by atoms with Crippen LogP contribution in [0.1, 0.15) is 12.5 Å². The summed E-state index contributed by atoms with van der Waals surface area (Å²) in [7, 11) is 0. The number of carbonyl (C=O) groups is 1. The van der Waals surface area contributed by atoms with Crippen molar-refractivity contribution in [2.45, 2.75) is 12.5 Å². The van der Waals surface area contributed by atoms with Gasteiger partial charge in [0.25, 0.3) is 0 Å². The molecule has 6 rings (SSSR count). The van der Waals surface area contributed by atoms with Crippen LogP contribution in [0.5, 0.6) is 11.5 Å². The van der Waals surface area contributed by atoms with Gasteiger partial charge in [-0.2, -0.15) is 5.10 Å². The second kappa shape index (κ2) is 7.98. The Kier molecular flexibility index (Phi) is 4.79. The van der Waals surface area contributed by atoms with Crippen molar-refractivity contribution in [2.75, 3.05) is 18.8 Å². The Balaban J connectivity index is 1.33. The van der Waals surface area contributed by atoms with E-state index in [9.17, 15) is 4.79 Å². The normalized spacial score (nSPS) is 21.2. The SMILES string of the molecule is C=CC(=O)N1CC2CC(n3nc(-c4ccc(Oc5ccccc5)cc4)c4c(N)ncnc43)C2C1. The van der Waals surface area contributed by atoms with E-state index in [4.69, 9.17) is 15.6 Å². The molecule has 3 unspecified atom stereocenters. The molecule has 3 atom stereocenters. The average Bonchev–Trinajstić information content (AvgIpc) is 3.40. The van der Waals surface area contributed by atoms with Crippen LogP contribution in [-0.4, -0.2) is 43.6 Å². The number of hydrogen-bond donors (Lipinski definition) is 1. The summed E-state index contributed by atoms with van der Waals surface area (Å²) >= 11 is 0. The van der Waals surface area contributed by atoms with E-state index in [-0.39, 0.29) is 11.9 Å². The molecule has 1 saturated heterocycles. The number of aromatic nitrogens is 4. The zero-order chi connectivity index (χ0) is 23.2. The van der Waals surface area contributed by atoms with Crippen LogP contribution in [0.25, 0.3) is 22.3 Å². The van der Waals surface area contributed by atoms with Crippen molar-refractivity contribution in [1.29, 1.82) is 0 Å². The summed E-state index contributed by atoms with van der Waals surface area (Å²) in [6, 6.07) is 17.6. The number of ether oxygens (including phenoxy) is 1. The summed E-state index contributed by atoms with van der Waals surface area (Å²) in [5, 5.41) is 5.73. The molecule has 0 spiro atoms. The molecule has 4 aromatic rings. The van der Waals surface area contributed by atoms with E-state index < -0.39 is 0 Å². The molecule has 1 saturated carbocycles. The van der Waals surface area contributed by atoms with E-state index in [0.29, 0.717) is 24.2 Å².